The first kappa shape index (κ1) is 39.4. The number of likely N-dealkylation sites (tertiary alicyclic amines) is 1. The molecule has 13 nitrogen and oxygen atoms in total. The first-order valence-corrected chi connectivity index (χ1v) is 16.9. The van der Waals surface area contributed by atoms with Gasteiger partial charge in [-0.05, 0) is 51.8 Å². The van der Waals surface area contributed by atoms with Gasteiger partial charge in [0.2, 0.25) is 5.91 Å². The topological polar surface area (TPSA) is 146 Å². The number of nitrogens with one attached hydrogen (secondary N) is 2. The predicted molar refractivity (Wildman–Crippen MR) is 178 cm³/mol. The summed E-state index contributed by atoms with van der Waals surface area (Å²) in [6, 6.07) is 4.05. The number of imidazole rings is 1. The van der Waals surface area contributed by atoms with Crippen LogP contribution in [0.3, 0.4) is 0 Å². The molecule has 2 aliphatic heterocycles. The van der Waals surface area contributed by atoms with Crippen molar-refractivity contribution < 1.29 is 50.3 Å². The molecule has 288 valence electrons. The van der Waals surface area contributed by atoms with Gasteiger partial charge < -0.3 is 29.3 Å². The van der Waals surface area contributed by atoms with E-state index < -0.39 is 70.8 Å². The van der Waals surface area contributed by atoms with Gasteiger partial charge in [-0.2, -0.15) is 31.4 Å². The molecule has 0 unspecified atom stereocenters. The van der Waals surface area contributed by atoms with Crippen molar-refractivity contribution in [3.63, 3.8) is 0 Å². The smallest absolute Gasteiger partial charge is 0.435 e. The van der Waals surface area contributed by atoms with Gasteiger partial charge in [-0.3, -0.25) is 19.5 Å². The zero-order valence-electron chi connectivity index (χ0n) is 29.1. The van der Waals surface area contributed by atoms with E-state index in [0.29, 0.717) is 39.0 Å². The fraction of sp³-hybridized carbons (Fsp3) is 0.515. The van der Waals surface area contributed by atoms with E-state index in [9.17, 15) is 45.5 Å². The van der Waals surface area contributed by atoms with Crippen LogP contribution in [-0.2, 0) is 29.2 Å². The highest BCUT2D eigenvalue weighted by Gasteiger charge is 2.42. The van der Waals surface area contributed by atoms with Crippen LogP contribution >= 0.6 is 11.6 Å². The third-order valence-corrected chi connectivity index (χ3v) is 9.08. The lowest BCUT2D eigenvalue weighted by Gasteiger charge is -2.38. The van der Waals surface area contributed by atoms with Crippen LogP contribution in [0, 0.1) is 5.92 Å². The summed E-state index contributed by atoms with van der Waals surface area (Å²) in [7, 11) is 1.17. The summed E-state index contributed by atoms with van der Waals surface area (Å²) in [5, 5.41) is 7.32. The van der Waals surface area contributed by atoms with Gasteiger partial charge >= 0.3 is 18.4 Å². The van der Waals surface area contributed by atoms with Crippen molar-refractivity contribution in [3.8, 4) is 11.3 Å². The Balaban J connectivity index is 1.18. The minimum atomic E-state index is -5.10. The van der Waals surface area contributed by atoms with Gasteiger partial charge in [0.15, 0.2) is 11.5 Å². The van der Waals surface area contributed by atoms with E-state index in [4.69, 9.17) is 16.3 Å². The van der Waals surface area contributed by atoms with E-state index in [0.717, 1.165) is 10.8 Å². The van der Waals surface area contributed by atoms with Crippen molar-refractivity contribution in [2.75, 3.05) is 44.6 Å². The molecule has 20 heteroatoms. The number of alkyl halides is 6. The average molecular weight is 775 g/mol. The van der Waals surface area contributed by atoms with E-state index >= 15 is 0 Å². The number of nitrogens with zero attached hydrogens (tertiary/aromatic N) is 6. The Labute approximate surface area is 304 Å². The zero-order valence-corrected chi connectivity index (χ0v) is 29.9. The maximum atomic E-state index is 13.7. The molecule has 53 heavy (non-hydrogen) atoms. The number of rotatable bonds is 6. The molecule has 0 aliphatic carbocycles. The van der Waals surface area contributed by atoms with Crippen LogP contribution < -0.4 is 5.32 Å². The third-order valence-electron chi connectivity index (χ3n) is 8.77. The lowest BCUT2D eigenvalue weighted by molar-refractivity contribution is -0.141. The summed E-state index contributed by atoms with van der Waals surface area (Å²) in [6.07, 6.45) is -10.2. The second kappa shape index (κ2) is 14.9. The van der Waals surface area contributed by atoms with Crippen molar-refractivity contribution in [2.24, 2.45) is 13.0 Å². The third kappa shape index (κ3) is 9.23. The molecule has 2 aliphatic rings. The van der Waals surface area contributed by atoms with E-state index in [2.05, 4.69) is 15.4 Å². The van der Waals surface area contributed by atoms with Crippen molar-refractivity contribution in [1.29, 1.82) is 0 Å². The van der Waals surface area contributed by atoms with Crippen LogP contribution in [0.5, 0.6) is 0 Å². The number of hydrogen-bond donors (Lipinski definition) is 2. The quantitative estimate of drug-likeness (QED) is 0.303. The molecule has 2 N–H and O–H groups in total. The standard InChI is InChI=1S/C33H37ClF6N8O5/c1-31(2,3)53-30(52)48-9-7-18(8-10-48)28(50)46-11-13-47(14-12-46)29(51)20-6-5-19(15-21(20)34)42-27(49)26-41-17-23(45(26)4)24-22(16-32(35,36)37)43-44-25(24)33(38,39)40/h5-6,15,17-18H,7-14,16H2,1-4H3,(H,42,49)(H,43,44). The van der Waals surface area contributed by atoms with E-state index in [1.54, 1.807) is 40.6 Å². The molecule has 0 radical (unpaired) electrons. The number of ether oxygens (including phenoxy) is 1. The molecule has 4 amide bonds. The van der Waals surface area contributed by atoms with Crippen molar-refractivity contribution in [3.05, 3.63) is 52.2 Å². The van der Waals surface area contributed by atoms with Crippen LogP contribution in [0.25, 0.3) is 11.3 Å². The number of carbonyl (C=O) groups excluding carboxylic acids is 4. The summed E-state index contributed by atoms with van der Waals surface area (Å²) in [6.45, 7) is 7.26. The molecule has 0 atom stereocenters. The number of piperidine rings is 1. The number of benzene rings is 1. The highest BCUT2D eigenvalue weighted by atomic mass is 35.5. The average Bonchev–Trinajstić information content (AvgIpc) is 3.65. The van der Waals surface area contributed by atoms with Crippen molar-refractivity contribution in [1.82, 2.24) is 34.4 Å². The lowest BCUT2D eigenvalue weighted by Crippen LogP contribution is -2.53. The molecule has 2 aromatic heterocycles. The Hall–Kier alpha value is -4.81. The first-order valence-electron chi connectivity index (χ1n) is 16.5. The maximum absolute atomic E-state index is 13.7. The van der Waals surface area contributed by atoms with Crippen LogP contribution in [0.2, 0.25) is 5.02 Å². The normalized spacial score (nSPS) is 16.2. The molecule has 3 aromatic rings. The monoisotopic (exact) mass is 774 g/mol. The molecule has 4 heterocycles. The Bertz CT molecular complexity index is 1870. The molecule has 0 spiro atoms. The van der Waals surface area contributed by atoms with Gasteiger partial charge in [-0.1, -0.05) is 11.6 Å². The van der Waals surface area contributed by atoms with E-state index in [1.807, 2.05) is 0 Å². The number of hydrogen-bond acceptors (Lipinski definition) is 7. The van der Waals surface area contributed by atoms with Crippen LogP contribution in [0.15, 0.2) is 24.4 Å². The first-order chi connectivity index (χ1) is 24.6. The van der Waals surface area contributed by atoms with Crippen LogP contribution in [-0.4, -0.2) is 109 Å². The molecule has 5 rings (SSSR count). The molecule has 0 saturated carbocycles. The number of amides is 4. The van der Waals surface area contributed by atoms with Crippen molar-refractivity contribution >= 4 is 41.1 Å². The number of carbonyl (C=O) groups is 4. The Morgan fingerprint density at radius 1 is 0.943 bits per heavy atom. The SMILES string of the molecule is Cn1c(-c2c(C(F)(F)F)n[nH]c2CC(F)(F)F)cnc1C(=O)Nc1ccc(C(=O)N2CCN(C(=O)C3CCN(C(=O)OC(C)(C)C)CC3)CC2)c(Cl)c1. The van der Waals surface area contributed by atoms with Gasteiger partial charge in [0.05, 0.1) is 40.2 Å². The number of H-pyrrole nitrogens is 1. The summed E-state index contributed by atoms with van der Waals surface area (Å²) >= 11 is 6.43. The Kier molecular flexibility index (Phi) is 11.1. The highest BCUT2D eigenvalue weighted by Crippen LogP contribution is 2.39. The molecule has 1 aromatic carbocycles. The number of aromatic amines is 1. The molecule has 2 fully saturated rings. The number of aromatic nitrogens is 4. The minimum Gasteiger partial charge on any atom is -0.444 e. The van der Waals surface area contributed by atoms with Crippen molar-refractivity contribution in [2.45, 2.75) is 58.0 Å². The second-order valence-corrected chi connectivity index (χ2v) is 14.2. The van der Waals surface area contributed by atoms with Crippen LogP contribution in [0.1, 0.15) is 66.0 Å². The number of halogens is 7. The number of piperazine rings is 1. The van der Waals surface area contributed by atoms with Gasteiger partial charge in [0, 0.05) is 57.9 Å². The zero-order chi connectivity index (χ0) is 39.0. The fourth-order valence-corrected chi connectivity index (χ4v) is 6.45. The van der Waals surface area contributed by atoms with Gasteiger partial charge in [0.25, 0.3) is 11.8 Å². The second-order valence-electron chi connectivity index (χ2n) is 13.7. The van der Waals surface area contributed by atoms with E-state index in [1.165, 1.54) is 25.2 Å². The summed E-state index contributed by atoms with van der Waals surface area (Å²) < 4.78 is 86.7. The number of anilines is 1. The lowest BCUT2D eigenvalue weighted by atomic mass is 9.95. The Morgan fingerprint density at radius 3 is 2.13 bits per heavy atom. The Morgan fingerprint density at radius 2 is 1.57 bits per heavy atom. The molecule has 2 saturated heterocycles. The summed E-state index contributed by atoms with van der Waals surface area (Å²) in [4.78, 5) is 60.7. The predicted octanol–water partition coefficient (Wildman–Crippen LogP) is 5.77. The van der Waals surface area contributed by atoms with Gasteiger partial charge in [-0.25, -0.2) is 9.78 Å². The largest absolute Gasteiger partial charge is 0.444 e. The summed E-state index contributed by atoms with van der Waals surface area (Å²) in [5.41, 5.74) is -4.16. The molecule has 0 bridgehead atoms. The van der Waals surface area contributed by atoms with Gasteiger partial charge in [-0.15, -0.1) is 0 Å². The molecular formula is C33H37ClF6N8O5. The van der Waals surface area contributed by atoms with Crippen LogP contribution in [0.4, 0.5) is 36.8 Å². The minimum absolute atomic E-state index is 0.0198. The van der Waals surface area contributed by atoms with E-state index in [-0.39, 0.29) is 41.2 Å². The van der Waals surface area contributed by atoms with Gasteiger partial charge in [0.1, 0.15) is 5.60 Å². The fourth-order valence-electron chi connectivity index (χ4n) is 6.19. The summed E-state index contributed by atoms with van der Waals surface area (Å²) in [5.74, 6) is -2.04. The molecular weight excluding hydrogens is 738 g/mol. The highest BCUT2D eigenvalue weighted by molar-refractivity contribution is 6.34. The maximum Gasteiger partial charge on any atom is 0.435 e.